The van der Waals surface area contributed by atoms with Crippen molar-refractivity contribution in [1.82, 2.24) is 19.9 Å². The number of methoxy groups -OCH3 is 2. The number of nitrogens with zero attached hydrogens (tertiary/aromatic N) is 3. The van der Waals surface area contributed by atoms with Gasteiger partial charge in [0.2, 0.25) is 0 Å². The minimum atomic E-state index is -0.350. The van der Waals surface area contributed by atoms with Gasteiger partial charge in [-0.1, -0.05) is 23.7 Å². The van der Waals surface area contributed by atoms with Crippen LogP contribution < -0.4 is 15.8 Å². The van der Waals surface area contributed by atoms with Crippen LogP contribution in [0, 0.1) is 0 Å². The number of carbonyl (C=O) groups excluding carboxylic acids is 1. The molecule has 3 N–H and O–H groups in total. The molecule has 0 spiro atoms. The number of hydrogen-bond donors (Lipinski definition) is 2. The van der Waals surface area contributed by atoms with E-state index in [1.165, 1.54) is 0 Å². The van der Waals surface area contributed by atoms with Crippen molar-refractivity contribution in [2.75, 3.05) is 33.1 Å². The van der Waals surface area contributed by atoms with E-state index in [0.717, 1.165) is 0 Å². The third-order valence-corrected chi connectivity index (χ3v) is 5.01. The number of benzene rings is 2. The lowest BCUT2D eigenvalue weighted by molar-refractivity contribution is 0.0939. The van der Waals surface area contributed by atoms with Crippen molar-refractivity contribution < 1.29 is 14.3 Å². The Morgan fingerprint density at radius 1 is 1.17 bits per heavy atom. The van der Waals surface area contributed by atoms with Gasteiger partial charge in [0.15, 0.2) is 5.65 Å². The summed E-state index contributed by atoms with van der Waals surface area (Å²) < 4.78 is 11.9. The summed E-state index contributed by atoms with van der Waals surface area (Å²) in [7, 11) is 3.11. The highest BCUT2D eigenvalue weighted by atomic mass is 35.5. The predicted molar refractivity (Wildman–Crippen MR) is 117 cm³/mol. The van der Waals surface area contributed by atoms with Gasteiger partial charge in [-0.25, -0.2) is 9.97 Å². The van der Waals surface area contributed by atoms with E-state index in [1.54, 1.807) is 37.0 Å². The molecule has 0 aliphatic rings. The Labute approximate surface area is 177 Å². The molecule has 0 unspecified atom stereocenters. The summed E-state index contributed by atoms with van der Waals surface area (Å²) in [6.45, 7) is 0.726. The molecule has 0 aliphatic heterocycles. The average molecular weight is 426 g/mol. The minimum absolute atomic E-state index is 0.219. The number of para-hydroxylation sites is 2. The number of nitrogens with one attached hydrogen (secondary N) is 1. The molecule has 0 radical (unpaired) electrons. The molecule has 2 aromatic heterocycles. The van der Waals surface area contributed by atoms with Crippen molar-refractivity contribution in [1.29, 1.82) is 0 Å². The second-order valence-electron chi connectivity index (χ2n) is 6.55. The van der Waals surface area contributed by atoms with E-state index in [2.05, 4.69) is 10.3 Å². The summed E-state index contributed by atoms with van der Waals surface area (Å²) in [5.41, 5.74) is 9.58. The number of amides is 1. The fraction of sp³-hybridized carbons (Fsp3) is 0.190. The van der Waals surface area contributed by atoms with Crippen LogP contribution in [-0.4, -0.2) is 47.8 Å². The molecule has 4 aromatic rings. The fourth-order valence-corrected chi connectivity index (χ4v) is 3.55. The van der Waals surface area contributed by atoms with Gasteiger partial charge in [0.05, 0.1) is 35.5 Å². The first kappa shape index (κ1) is 19.9. The summed E-state index contributed by atoms with van der Waals surface area (Å²) in [5, 5.41) is 3.22. The lowest BCUT2D eigenvalue weighted by Crippen LogP contribution is -2.27. The van der Waals surface area contributed by atoms with E-state index >= 15 is 0 Å². The maximum Gasteiger partial charge on any atom is 0.257 e. The molecule has 0 saturated heterocycles. The number of aromatic nitrogens is 3. The smallest absolute Gasteiger partial charge is 0.257 e. The van der Waals surface area contributed by atoms with Gasteiger partial charge in [-0.15, -0.1) is 0 Å². The van der Waals surface area contributed by atoms with Crippen molar-refractivity contribution in [2.24, 2.45) is 0 Å². The molecular weight excluding hydrogens is 406 g/mol. The number of carbonyl (C=O) groups is 1. The molecule has 2 aromatic carbocycles. The molecule has 9 heteroatoms. The third-order valence-electron chi connectivity index (χ3n) is 4.71. The van der Waals surface area contributed by atoms with Crippen molar-refractivity contribution in [2.45, 2.75) is 0 Å². The van der Waals surface area contributed by atoms with Crippen LogP contribution in [0.15, 0.2) is 42.5 Å². The van der Waals surface area contributed by atoms with Crippen LogP contribution in [0.25, 0.3) is 27.9 Å². The summed E-state index contributed by atoms with van der Waals surface area (Å²) in [5.74, 6) is 0.401. The summed E-state index contributed by atoms with van der Waals surface area (Å²) >= 11 is 6.32. The van der Waals surface area contributed by atoms with Crippen molar-refractivity contribution in [3.05, 3.63) is 53.1 Å². The minimum Gasteiger partial charge on any atom is -0.495 e. The van der Waals surface area contributed by atoms with Crippen LogP contribution in [0.1, 0.15) is 10.4 Å². The topological polar surface area (TPSA) is 104 Å². The molecule has 8 nitrogen and oxygen atoms in total. The van der Waals surface area contributed by atoms with Crippen LogP contribution in [0.4, 0.5) is 5.82 Å². The molecule has 0 fully saturated rings. The van der Waals surface area contributed by atoms with Crippen LogP contribution in [0.3, 0.4) is 0 Å². The predicted octanol–water partition coefficient (Wildman–Crippen LogP) is 3.19. The van der Waals surface area contributed by atoms with Crippen LogP contribution in [-0.2, 0) is 4.74 Å². The molecule has 2 heterocycles. The lowest BCUT2D eigenvalue weighted by atomic mass is 10.2. The van der Waals surface area contributed by atoms with E-state index in [4.69, 9.17) is 31.8 Å². The quantitative estimate of drug-likeness (QED) is 0.460. The Morgan fingerprint density at radius 3 is 2.57 bits per heavy atom. The highest BCUT2D eigenvalue weighted by molar-refractivity contribution is 6.32. The van der Waals surface area contributed by atoms with Crippen LogP contribution >= 0.6 is 11.6 Å². The van der Waals surface area contributed by atoms with Gasteiger partial charge in [-0.05, 0) is 30.3 Å². The standard InChI is InChI=1S/C21H20ClN5O3/c1-29-10-9-24-21(28)17-18-20(26-15-6-4-3-5-14(15)25-18)27(19(17)23)12-7-8-16(30-2)13(22)11-12/h3-8,11H,9-10,23H2,1-2H3,(H,24,28). The third kappa shape index (κ3) is 3.40. The first-order valence-electron chi connectivity index (χ1n) is 9.23. The van der Waals surface area contributed by atoms with E-state index in [-0.39, 0.29) is 17.3 Å². The molecule has 30 heavy (non-hydrogen) atoms. The zero-order valence-corrected chi connectivity index (χ0v) is 17.2. The Balaban J connectivity index is 1.97. The zero-order chi connectivity index (χ0) is 21.3. The van der Waals surface area contributed by atoms with Gasteiger partial charge in [0, 0.05) is 13.7 Å². The maximum absolute atomic E-state index is 12.9. The maximum atomic E-state index is 12.9. The molecule has 154 valence electrons. The largest absolute Gasteiger partial charge is 0.495 e. The van der Waals surface area contributed by atoms with E-state index < -0.39 is 0 Å². The molecule has 0 bridgehead atoms. The lowest BCUT2D eigenvalue weighted by Gasteiger charge is -2.10. The molecule has 0 atom stereocenters. The number of ether oxygens (including phenoxy) is 2. The SMILES string of the molecule is COCCNC(=O)c1c(N)n(-c2ccc(OC)c(Cl)c2)c2nc3ccccc3nc12. The number of rotatable bonds is 6. The van der Waals surface area contributed by atoms with Gasteiger partial charge in [0.25, 0.3) is 5.91 Å². The highest BCUT2D eigenvalue weighted by Gasteiger charge is 2.25. The number of halogens is 1. The number of anilines is 1. The monoisotopic (exact) mass is 425 g/mol. The van der Waals surface area contributed by atoms with Gasteiger partial charge in [0.1, 0.15) is 22.6 Å². The Hall–Kier alpha value is -3.36. The molecule has 0 saturated carbocycles. The van der Waals surface area contributed by atoms with Crippen molar-refractivity contribution in [3.63, 3.8) is 0 Å². The Kier molecular flexibility index (Phi) is 5.43. The highest BCUT2D eigenvalue weighted by Crippen LogP contribution is 2.33. The number of nitrogen functional groups attached to an aromatic ring is 1. The molecule has 1 amide bonds. The van der Waals surface area contributed by atoms with E-state index in [1.807, 2.05) is 24.3 Å². The Morgan fingerprint density at radius 2 is 1.90 bits per heavy atom. The van der Waals surface area contributed by atoms with Gasteiger partial charge < -0.3 is 20.5 Å². The molecular formula is C21H20ClN5O3. The van der Waals surface area contributed by atoms with E-state index in [9.17, 15) is 4.79 Å². The van der Waals surface area contributed by atoms with Gasteiger partial charge in [-0.2, -0.15) is 0 Å². The van der Waals surface area contributed by atoms with Gasteiger partial charge in [-0.3, -0.25) is 9.36 Å². The molecule has 4 rings (SSSR count). The number of nitrogens with two attached hydrogens (primary N) is 1. The Bertz CT molecular complexity index is 1250. The van der Waals surface area contributed by atoms with Gasteiger partial charge >= 0.3 is 0 Å². The first-order chi connectivity index (χ1) is 14.5. The first-order valence-corrected chi connectivity index (χ1v) is 9.60. The normalized spacial score (nSPS) is 11.2. The zero-order valence-electron chi connectivity index (χ0n) is 16.5. The van der Waals surface area contributed by atoms with Crippen LogP contribution in [0.5, 0.6) is 5.75 Å². The summed E-state index contributed by atoms with van der Waals surface area (Å²) in [6, 6.07) is 12.7. The van der Waals surface area contributed by atoms with Crippen molar-refractivity contribution in [3.8, 4) is 11.4 Å². The van der Waals surface area contributed by atoms with E-state index in [0.29, 0.717) is 51.8 Å². The second kappa shape index (κ2) is 8.17. The second-order valence-corrected chi connectivity index (χ2v) is 6.95. The summed E-state index contributed by atoms with van der Waals surface area (Å²) in [6.07, 6.45) is 0. The van der Waals surface area contributed by atoms with Crippen LogP contribution in [0.2, 0.25) is 5.02 Å². The van der Waals surface area contributed by atoms with Crippen molar-refractivity contribution >= 4 is 45.5 Å². The number of hydrogen-bond acceptors (Lipinski definition) is 6. The fourth-order valence-electron chi connectivity index (χ4n) is 3.30. The average Bonchev–Trinajstić information content (AvgIpc) is 3.02. The number of fused-ring (bicyclic) bond motifs is 2. The summed E-state index contributed by atoms with van der Waals surface area (Å²) in [4.78, 5) is 22.3. The molecule has 0 aliphatic carbocycles.